The highest BCUT2D eigenvalue weighted by atomic mass is 14.8. The van der Waals surface area contributed by atoms with Gasteiger partial charge in [0.2, 0.25) is 0 Å². The number of nitrogens with one attached hydrogen (secondary N) is 1. The van der Waals surface area contributed by atoms with E-state index in [1.807, 2.05) is 0 Å². The number of benzene rings is 2. The summed E-state index contributed by atoms with van der Waals surface area (Å²) in [5, 5.41) is 3.38. The summed E-state index contributed by atoms with van der Waals surface area (Å²) in [5.74, 6) is 0.768. The van der Waals surface area contributed by atoms with E-state index in [1.54, 1.807) is 0 Å². The van der Waals surface area contributed by atoms with Crippen LogP contribution in [0.1, 0.15) is 41.5 Å². The van der Waals surface area contributed by atoms with Gasteiger partial charge in [-0.1, -0.05) is 60.7 Å². The lowest BCUT2D eigenvalue weighted by Crippen LogP contribution is -2.27. The van der Waals surface area contributed by atoms with Crippen LogP contribution in [-0.2, 0) is 5.41 Å². The van der Waals surface area contributed by atoms with Gasteiger partial charge in [0.1, 0.15) is 0 Å². The molecular formula is C21H23N. The highest BCUT2D eigenvalue weighted by molar-refractivity contribution is 5.77. The fourth-order valence-corrected chi connectivity index (χ4v) is 4.58. The summed E-state index contributed by atoms with van der Waals surface area (Å²) in [4.78, 5) is 0. The van der Waals surface area contributed by atoms with Gasteiger partial charge in [-0.05, 0) is 61.0 Å². The predicted molar refractivity (Wildman–Crippen MR) is 93.9 cm³/mol. The quantitative estimate of drug-likeness (QED) is 0.859. The Kier molecular flexibility index (Phi) is 3.38. The molecule has 1 spiro atoms. The maximum absolute atomic E-state index is 3.38. The summed E-state index contributed by atoms with van der Waals surface area (Å²) in [7, 11) is 2.07. The average molecular weight is 289 g/mol. The van der Waals surface area contributed by atoms with Crippen LogP contribution in [0.25, 0.3) is 12.2 Å². The van der Waals surface area contributed by atoms with Gasteiger partial charge < -0.3 is 5.32 Å². The van der Waals surface area contributed by atoms with Crippen molar-refractivity contribution in [3.8, 4) is 0 Å². The molecule has 2 aliphatic carbocycles. The van der Waals surface area contributed by atoms with Crippen molar-refractivity contribution < 1.29 is 0 Å². The monoisotopic (exact) mass is 289 g/mol. The second kappa shape index (κ2) is 5.40. The van der Waals surface area contributed by atoms with E-state index in [2.05, 4.69) is 73.0 Å². The van der Waals surface area contributed by atoms with Crippen molar-refractivity contribution in [2.45, 2.75) is 24.7 Å². The highest BCUT2D eigenvalue weighted by Crippen LogP contribution is 2.52. The molecule has 4 rings (SSSR count). The minimum Gasteiger partial charge on any atom is -0.319 e. The van der Waals surface area contributed by atoms with E-state index < -0.39 is 0 Å². The van der Waals surface area contributed by atoms with E-state index in [0.717, 1.165) is 12.5 Å². The van der Waals surface area contributed by atoms with Gasteiger partial charge >= 0.3 is 0 Å². The van der Waals surface area contributed by atoms with Crippen LogP contribution in [0.15, 0.2) is 48.5 Å². The molecule has 0 radical (unpaired) electrons. The van der Waals surface area contributed by atoms with Crippen LogP contribution in [0, 0.1) is 5.92 Å². The number of hydrogen-bond acceptors (Lipinski definition) is 1. The van der Waals surface area contributed by atoms with Crippen molar-refractivity contribution in [2.24, 2.45) is 5.92 Å². The third-order valence-corrected chi connectivity index (χ3v) is 5.50. The Labute approximate surface area is 133 Å². The zero-order chi connectivity index (χ0) is 15.0. The molecule has 2 aliphatic rings. The van der Waals surface area contributed by atoms with Crippen molar-refractivity contribution in [1.82, 2.24) is 5.32 Å². The fourth-order valence-electron chi connectivity index (χ4n) is 4.58. The lowest BCUT2D eigenvalue weighted by molar-refractivity contribution is 0.466. The maximum atomic E-state index is 3.38. The minimum absolute atomic E-state index is 0.193. The first kappa shape index (κ1) is 13.8. The minimum atomic E-state index is 0.193. The zero-order valence-electron chi connectivity index (χ0n) is 13.2. The second-order valence-electron chi connectivity index (χ2n) is 6.76. The molecule has 0 saturated heterocycles. The summed E-state index contributed by atoms with van der Waals surface area (Å²) in [5.41, 5.74) is 6.02. The molecule has 0 heterocycles. The molecule has 2 aromatic carbocycles. The number of hydrogen-bond donors (Lipinski definition) is 1. The average Bonchev–Trinajstić information content (AvgIpc) is 2.93. The van der Waals surface area contributed by atoms with Crippen LogP contribution in [0.5, 0.6) is 0 Å². The fraction of sp³-hybridized carbons (Fsp3) is 0.333. The standard InChI is InChI=1S/C21H23N/c1-22-15-16-12-13-21(14-16)19-8-4-2-6-17(19)10-11-18-7-3-5-9-20(18)21/h2-11,16,22H,12-15H2,1H3. The van der Waals surface area contributed by atoms with E-state index in [4.69, 9.17) is 0 Å². The largest absolute Gasteiger partial charge is 0.319 e. The lowest BCUT2D eigenvalue weighted by atomic mass is 9.70. The molecule has 112 valence electrons. The molecule has 0 bridgehead atoms. The molecule has 0 aromatic heterocycles. The molecule has 2 aromatic rings. The molecule has 1 saturated carbocycles. The van der Waals surface area contributed by atoms with E-state index in [0.29, 0.717) is 0 Å². The Morgan fingerprint density at radius 3 is 2.14 bits per heavy atom. The van der Waals surface area contributed by atoms with Crippen molar-refractivity contribution in [1.29, 1.82) is 0 Å². The van der Waals surface area contributed by atoms with Gasteiger partial charge in [0.15, 0.2) is 0 Å². The smallest absolute Gasteiger partial charge is 0.0218 e. The second-order valence-corrected chi connectivity index (χ2v) is 6.76. The molecule has 1 nitrogen and oxygen atoms in total. The number of rotatable bonds is 2. The molecule has 1 N–H and O–H groups in total. The highest BCUT2D eigenvalue weighted by Gasteiger charge is 2.44. The maximum Gasteiger partial charge on any atom is 0.0218 e. The van der Waals surface area contributed by atoms with Crippen LogP contribution < -0.4 is 5.32 Å². The zero-order valence-corrected chi connectivity index (χ0v) is 13.2. The Bertz CT molecular complexity index is 664. The van der Waals surface area contributed by atoms with Crippen molar-refractivity contribution in [2.75, 3.05) is 13.6 Å². The molecule has 22 heavy (non-hydrogen) atoms. The molecule has 1 heteroatoms. The SMILES string of the molecule is CNCC1CCC2(C1)c1ccccc1C=Cc1ccccc12. The Morgan fingerprint density at radius 1 is 0.955 bits per heavy atom. The van der Waals surface area contributed by atoms with Gasteiger partial charge in [-0.3, -0.25) is 0 Å². The molecule has 0 aliphatic heterocycles. The van der Waals surface area contributed by atoms with Crippen molar-refractivity contribution in [3.63, 3.8) is 0 Å². The number of fused-ring (bicyclic) bond motifs is 4. The van der Waals surface area contributed by atoms with E-state index in [-0.39, 0.29) is 5.41 Å². The Balaban J connectivity index is 1.91. The van der Waals surface area contributed by atoms with Crippen molar-refractivity contribution >= 4 is 12.2 Å². The molecule has 1 unspecified atom stereocenters. The van der Waals surface area contributed by atoms with E-state index >= 15 is 0 Å². The first-order valence-electron chi connectivity index (χ1n) is 8.35. The van der Waals surface area contributed by atoms with Crippen LogP contribution in [0.2, 0.25) is 0 Å². The summed E-state index contributed by atoms with van der Waals surface area (Å²) < 4.78 is 0. The lowest BCUT2D eigenvalue weighted by Gasteiger charge is -2.33. The normalized spacial score (nSPS) is 21.4. The predicted octanol–water partition coefficient (Wildman–Crippen LogP) is 4.48. The van der Waals surface area contributed by atoms with Crippen LogP contribution in [-0.4, -0.2) is 13.6 Å². The van der Waals surface area contributed by atoms with Gasteiger partial charge in [0.25, 0.3) is 0 Å². The first-order valence-corrected chi connectivity index (χ1v) is 8.35. The molecule has 1 atom stereocenters. The summed E-state index contributed by atoms with van der Waals surface area (Å²) in [6, 6.07) is 18.0. The van der Waals surface area contributed by atoms with E-state index in [9.17, 15) is 0 Å². The summed E-state index contributed by atoms with van der Waals surface area (Å²) in [6.45, 7) is 1.12. The van der Waals surface area contributed by atoms with E-state index in [1.165, 1.54) is 41.5 Å². The van der Waals surface area contributed by atoms with Gasteiger partial charge in [0, 0.05) is 5.41 Å². The van der Waals surface area contributed by atoms with Crippen LogP contribution in [0.4, 0.5) is 0 Å². The molecular weight excluding hydrogens is 266 g/mol. The molecule has 0 amide bonds. The third kappa shape index (κ3) is 2.04. The topological polar surface area (TPSA) is 12.0 Å². The van der Waals surface area contributed by atoms with Crippen LogP contribution in [0.3, 0.4) is 0 Å². The van der Waals surface area contributed by atoms with Gasteiger partial charge in [-0.25, -0.2) is 0 Å². The van der Waals surface area contributed by atoms with Gasteiger partial charge in [0.05, 0.1) is 0 Å². The first-order chi connectivity index (χ1) is 10.8. The van der Waals surface area contributed by atoms with Gasteiger partial charge in [-0.15, -0.1) is 0 Å². The Morgan fingerprint density at radius 2 is 1.55 bits per heavy atom. The van der Waals surface area contributed by atoms with Gasteiger partial charge in [-0.2, -0.15) is 0 Å². The third-order valence-electron chi connectivity index (χ3n) is 5.50. The summed E-state index contributed by atoms with van der Waals surface area (Å²) >= 11 is 0. The summed E-state index contributed by atoms with van der Waals surface area (Å²) in [6.07, 6.45) is 8.42. The Hall–Kier alpha value is -1.86. The molecule has 1 fully saturated rings. The van der Waals surface area contributed by atoms with Crippen LogP contribution >= 0.6 is 0 Å². The van der Waals surface area contributed by atoms with Crippen molar-refractivity contribution in [3.05, 3.63) is 70.8 Å².